The molecule has 2 aromatic rings. The van der Waals surface area contributed by atoms with Crippen LogP contribution in [0, 0.1) is 5.92 Å². The van der Waals surface area contributed by atoms with Crippen LogP contribution in [-0.2, 0) is 4.74 Å². The first kappa shape index (κ1) is 16.3. The van der Waals surface area contributed by atoms with Gasteiger partial charge in [0.25, 0.3) is 5.91 Å². The zero-order chi connectivity index (χ0) is 15.4. The van der Waals surface area contributed by atoms with Gasteiger partial charge in [0.1, 0.15) is 4.88 Å². The number of amides is 1. The number of nitrogens with one attached hydrogen (secondary N) is 1. The first-order valence-corrected chi connectivity index (χ1v) is 8.43. The van der Waals surface area contributed by atoms with E-state index in [-0.39, 0.29) is 5.91 Å². The third-order valence-electron chi connectivity index (χ3n) is 2.88. The van der Waals surface area contributed by atoms with Crippen molar-refractivity contribution in [3.63, 3.8) is 0 Å². The Morgan fingerprint density at radius 3 is 2.95 bits per heavy atom. The fourth-order valence-corrected chi connectivity index (χ4v) is 3.27. The fourth-order valence-electron chi connectivity index (χ4n) is 1.89. The van der Waals surface area contributed by atoms with E-state index in [1.54, 1.807) is 0 Å². The molecule has 0 spiro atoms. The van der Waals surface area contributed by atoms with Crippen molar-refractivity contribution < 1.29 is 9.53 Å². The van der Waals surface area contributed by atoms with E-state index in [2.05, 4.69) is 35.1 Å². The minimum Gasteiger partial charge on any atom is -0.397 e. The zero-order valence-electron chi connectivity index (χ0n) is 12.1. The maximum absolute atomic E-state index is 12.2. The van der Waals surface area contributed by atoms with Crippen molar-refractivity contribution in [3.05, 3.63) is 27.5 Å². The van der Waals surface area contributed by atoms with Crippen LogP contribution in [0.5, 0.6) is 0 Å². The number of carbonyl (C=O) groups is 1. The molecule has 0 radical (unpaired) electrons. The highest BCUT2D eigenvalue weighted by molar-refractivity contribution is 9.10. The molecule has 1 aromatic heterocycles. The van der Waals surface area contributed by atoms with Crippen molar-refractivity contribution in [2.45, 2.75) is 13.8 Å². The summed E-state index contributed by atoms with van der Waals surface area (Å²) in [5.74, 6) is 0.357. The summed E-state index contributed by atoms with van der Waals surface area (Å²) >= 11 is 4.83. The standard InChI is InChI=1S/C15H19BrN2O2S/c1-9(2)8-20-6-5-18-15(19)14-13(17)11-7-10(16)3-4-12(11)21-14/h3-4,7,9H,5-6,8,17H2,1-2H3,(H,18,19). The first-order chi connectivity index (χ1) is 9.99. The summed E-state index contributed by atoms with van der Waals surface area (Å²) in [4.78, 5) is 12.7. The molecule has 2 rings (SSSR count). The molecular weight excluding hydrogens is 352 g/mol. The Morgan fingerprint density at radius 1 is 1.48 bits per heavy atom. The Morgan fingerprint density at radius 2 is 2.24 bits per heavy atom. The Bertz CT molecular complexity index is 640. The number of nitrogen functional groups attached to an aromatic ring is 1. The number of benzene rings is 1. The van der Waals surface area contributed by atoms with Crippen LogP contribution >= 0.6 is 27.3 Å². The second-order valence-electron chi connectivity index (χ2n) is 5.21. The lowest BCUT2D eigenvalue weighted by Crippen LogP contribution is -2.27. The van der Waals surface area contributed by atoms with E-state index in [9.17, 15) is 4.79 Å². The summed E-state index contributed by atoms with van der Waals surface area (Å²) in [6, 6.07) is 5.84. The minimum atomic E-state index is -0.141. The Kier molecular flexibility index (Phi) is 5.61. The number of ether oxygens (including phenoxy) is 1. The maximum Gasteiger partial charge on any atom is 0.263 e. The molecule has 0 aliphatic carbocycles. The highest BCUT2D eigenvalue weighted by Gasteiger charge is 2.16. The van der Waals surface area contributed by atoms with Gasteiger partial charge >= 0.3 is 0 Å². The van der Waals surface area contributed by atoms with Crippen molar-refractivity contribution in [2.75, 3.05) is 25.5 Å². The van der Waals surface area contributed by atoms with Gasteiger partial charge in [0.15, 0.2) is 0 Å². The van der Waals surface area contributed by atoms with E-state index in [4.69, 9.17) is 10.5 Å². The lowest BCUT2D eigenvalue weighted by Gasteiger charge is -2.07. The molecular formula is C15H19BrN2O2S. The van der Waals surface area contributed by atoms with E-state index in [0.717, 1.165) is 14.6 Å². The molecule has 0 aliphatic heterocycles. The van der Waals surface area contributed by atoms with Crippen LogP contribution < -0.4 is 11.1 Å². The topological polar surface area (TPSA) is 64.3 Å². The van der Waals surface area contributed by atoms with Crippen LogP contribution in [0.15, 0.2) is 22.7 Å². The predicted octanol–water partition coefficient (Wildman–Crippen LogP) is 3.65. The summed E-state index contributed by atoms with van der Waals surface area (Å²) in [7, 11) is 0. The van der Waals surface area contributed by atoms with Crippen LogP contribution in [-0.4, -0.2) is 25.7 Å². The molecule has 0 fully saturated rings. The summed E-state index contributed by atoms with van der Waals surface area (Å²) in [6.45, 7) is 5.89. The molecule has 1 amide bonds. The molecule has 1 aromatic carbocycles. The van der Waals surface area contributed by atoms with Crippen molar-refractivity contribution in [1.82, 2.24) is 5.32 Å². The third kappa shape index (κ3) is 4.18. The summed E-state index contributed by atoms with van der Waals surface area (Å²) < 4.78 is 7.40. The first-order valence-electron chi connectivity index (χ1n) is 6.82. The van der Waals surface area contributed by atoms with Gasteiger partial charge in [-0.3, -0.25) is 4.79 Å². The third-order valence-corrected chi connectivity index (χ3v) is 4.56. The van der Waals surface area contributed by atoms with Gasteiger partial charge in [0, 0.05) is 27.7 Å². The SMILES string of the molecule is CC(C)COCCNC(=O)c1sc2ccc(Br)cc2c1N. The van der Waals surface area contributed by atoms with E-state index < -0.39 is 0 Å². The molecule has 0 unspecified atom stereocenters. The lowest BCUT2D eigenvalue weighted by atomic mass is 10.2. The molecule has 0 bridgehead atoms. The molecule has 0 aliphatic rings. The second kappa shape index (κ2) is 7.24. The molecule has 0 saturated carbocycles. The zero-order valence-corrected chi connectivity index (χ0v) is 14.5. The second-order valence-corrected chi connectivity index (χ2v) is 7.18. The monoisotopic (exact) mass is 370 g/mol. The number of rotatable bonds is 6. The molecule has 114 valence electrons. The molecule has 6 heteroatoms. The van der Waals surface area contributed by atoms with Gasteiger partial charge in [0.05, 0.1) is 12.3 Å². The Labute approximate surface area is 136 Å². The van der Waals surface area contributed by atoms with Gasteiger partial charge in [0.2, 0.25) is 0 Å². The quantitative estimate of drug-likeness (QED) is 0.762. The molecule has 1 heterocycles. The number of halogens is 1. The summed E-state index contributed by atoms with van der Waals surface area (Å²) in [5, 5.41) is 3.76. The number of nitrogens with two attached hydrogens (primary N) is 1. The van der Waals surface area contributed by atoms with Crippen molar-refractivity contribution in [2.24, 2.45) is 5.92 Å². The Balaban J connectivity index is 1.98. The highest BCUT2D eigenvalue weighted by Crippen LogP contribution is 2.35. The van der Waals surface area contributed by atoms with Crippen LogP contribution in [0.4, 0.5) is 5.69 Å². The summed E-state index contributed by atoms with van der Waals surface area (Å²) in [5.41, 5.74) is 6.62. The Hall–Kier alpha value is -1.11. The number of anilines is 1. The predicted molar refractivity (Wildman–Crippen MR) is 91.9 cm³/mol. The van der Waals surface area contributed by atoms with E-state index in [1.807, 2.05) is 18.2 Å². The molecule has 4 nitrogen and oxygen atoms in total. The van der Waals surface area contributed by atoms with E-state index in [0.29, 0.717) is 36.2 Å². The summed E-state index contributed by atoms with van der Waals surface area (Å²) in [6.07, 6.45) is 0. The molecule has 0 atom stereocenters. The molecule has 21 heavy (non-hydrogen) atoms. The van der Waals surface area contributed by atoms with E-state index >= 15 is 0 Å². The van der Waals surface area contributed by atoms with Crippen molar-refractivity contribution in [1.29, 1.82) is 0 Å². The molecule has 0 saturated heterocycles. The molecule has 3 N–H and O–H groups in total. The van der Waals surface area contributed by atoms with Gasteiger partial charge in [-0.2, -0.15) is 0 Å². The van der Waals surface area contributed by atoms with Gasteiger partial charge in [-0.1, -0.05) is 29.8 Å². The van der Waals surface area contributed by atoms with Crippen molar-refractivity contribution in [3.8, 4) is 0 Å². The normalized spacial score (nSPS) is 11.2. The highest BCUT2D eigenvalue weighted by atomic mass is 79.9. The van der Waals surface area contributed by atoms with Crippen LogP contribution in [0.2, 0.25) is 0 Å². The van der Waals surface area contributed by atoms with Crippen LogP contribution in [0.3, 0.4) is 0 Å². The lowest BCUT2D eigenvalue weighted by molar-refractivity contribution is 0.0890. The largest absolute Gasteiger partial charge is 0.397 e. The van der Waals surface area contributed by atoms with Crippen LogP contribution in [0.1, 0.15) is 23.5 Å². The number of hydrogen-bond donors (Lipinski definition) is 2. The number of carbonyl (C=O) groups excluding carboxylic acids is 1. The average molecular weight is 371 g/mol. The number of thiophene rings is 1. The van der Waals surface area contributed by atoms with Gasteiger partial charge < -0.3 is 15.8 Å². The van der Waals surface area contributed by atoms with Crippen LogP contribution in [0.25, 0.3) is 10.1 Å². The van der Waals surface area contributed by atoms with Gasteiger partial charge in [-0.05, 0) is 24.1 Å². The average Bonchev–Trinajstić information content (AvgIpc) is 2.75. The minimum absolute atomic E-state index is 0.141. The maximum atomic E-state index is 12.2. The number of hydrogen-bond acceptors (Lipinski definition) is 4. The van der Waals surface area contributed by atoms with Gasteiger partial charge in [-0.25, -0.2) is 0 Å². The van der Waals surface area contributed by atoms with Gasteiger partial charge in [-0.15, -0.1) is 11.3 Å². The van der Waals surface area contributed by atoms with Crippen molar-refractivity contribution >= 4 is 48.9 Å². The fraction of sp³-hybridized carbons (Fsp3) is 0.400. The van der Waals surface area contributed by atoms with E-state index in [1.165, 1.54) is 11.3 Å². The number of fused-ring (bicyclic) bond motifs is 1. The smallest absolute Gasteiger partial charge is 0.263 e.